The molecule has 0 radical (unpaired) electrons. The standard InChI is InChI=1S/C10H16BrN3O/c1-10(15,6-7-4-3-5-7)8-9(11)12-13-14(8)2/h7,15H,3-6H2,1-2H3. The van der Waals surface area contributed by atoms with Crippen LogP contribution in [-0.4, -0.2) is 20.1 Å². The van der Waals surface area contributed by atoms with Gasteiger partial charge in [-0.1, -0.05) is 24.5 Å². The number of nitrogens with zero attached hydrogens (tertiary/aromatic N) is 3. The average molecular weight is 274 g/mol. The van der Waals surface area contributed by atoms with E-state index in [9.17, 15) is 5.11 Å². The molecule has 0 aromatic carbocycles. The number of rotatable bonds is 3. The molecule has 1 heterocycles. The van der Waals surface area contributed by atoms with E-state index in [2.05, 4.69) is 26.2 Å². The van der Waals surface area contributed by atoms with Gasteiger partial charge in [-0.15, -0.1) is 5.10 Å². The first-order valence-corrected chi connectivity index (χ1v) is 6.08. The van der Waals surface area contributed by atoms with E-state index >= 15 is 0 Å². The van der Waals surface area contributed by atoms with Gasteiger partial charge in [-0.3, -0.25) is 0 Å². The summed E-state index contributed by atoms with van der Waals surface area (Å²) in [6, 6.07) is 0. The fraction of sp³-hybridized carbons (Fsp3) is 0.800. The second-order valence-electron chi connectivity index (χ2n) is 4.63. The molecule has 0 amide bonds. The molecule has 1 unspecified atom stereocenters. The normalized spacial score (nSPS) is 21.1. The Morgan fingerprint density at radius 3 is 2.67 bits per heavy atom. The van der Waals surface area contributed by atoms with Gasteiger partial charge in [0, 0.05) is 7.05 Å². The summed E-state index contributed by atoms with van der Waals surface area (Å²) < 4.78 is 2.29. The van der Waals surface area contributed by atoms with Crippen LogP contribution in [0.2, 0.25) is 0 Å². The van der Waals surface area contributed by atoms with Crippen molar-refractivity contribution in [1.82, 2.24) is 15.0 Å². The van der Waals surface area contributed by atoms with Crippen LogP contribution in [0.25, 0.3) is 0 Å². The lowest BCUT2D eigenvalue weighted by molar-refractivity contribution is 0.00841. The number of aromatic nitrogens is 3. The van der Waals surface area contributed by atoms with Gasteiger partial charge in [-0.25, -0.2) is 4.68 Å². The second-order valence-corrected chi connectivity index (χ2v) is 5.38. The Morgan fingerprint density at radius 2 is 2.27 bits per heavy atom. The molecule has 1 aromatic rings. The van der Waals surface area contributed by atoms with E-state index < -0.39 is 5.60 Å². The Balaban J connectivity index is 2.19. The third kappa shape index (κ3) is 2.08. The van der Waals surface area contributed by atoms with Crippen LogP contribution in [-0.2, 0) is 12.6 Å². The Hall–Kier alpha value is -0.420. The smallest absolute Gasteiger partial charge is 0.154 e. The summed E-state index contributed by atoms with van der Waals surface area (Å²) in [6.45, 7) is 1.84. The third-order valence-corrected chi connectivity index (χ3v) is 3.74. The molecule has 1 aliphatic carbocycles. The van der Waals surface area contributed by atoms with Gasteiger partial charge in [0.2, 0.25) is 0 Å². The molecule has 1 saturated carbocycles. The predicted molar refractivity (Wildman–Crippen MR) is 60.2 cm³/mol. The van der Waals surface area contributed by atoms with Gasteiger partial charge in [0.15, 0.2) is 4.60 Å². The average Bonchev–Trinajstić information content (AvgIpc) is 2.40. The molecule has 0 aliphatic heterocycles. The Kier molecular flexibility index (Phi) is 2.85. The van der Waals surface area contributed by atoms with Crippen molar-refractivity contribution in [3.05, 3.63) is 10.3 Å². The highest BCUT2D eigenvalue weighted by Gasteiger charge is 2.34. The van der Waals surface area contributed by atoms with Crippen LogP contribution in [0.15, 0.2) is 4.60 Å². The number of hydrogen-bond donors (Lipinski definition) is 1. The zero-order valence-electron chi connectivity index (χ0n) is 9.07. The van der Waals surface area contributed by atoms with Crippen LogP contribution in [0, 0.1) is 5.92 Å². The van der Waals surface area contributed by atoms with E-state index in [1.807, 2.05) is 14.0 Å². The van der Waals surface area contributed by atoms with Crippen molar-refractivity contribution in [2.45, 2.75) is 38.2 Å². The van der Waals surface area contributed by atoms with Gasteiger partial charge in [-0.2, -0.15) is 0 Å². The maximum atomic E-state index is 10.4. The van der Waals surface area contributed by atoms with Crippen LogP contribution in [0.3, 0.4) is 0 Å². The van der Waals surface area contributed by atoms with Gasteiger partial charge in [0.25, 0.3) is 0 Å². The molecule has 2 rings (SSSR count). The van der Waals surface area contributed by atoms with Gasteiger partial charge < -0.3 is 5.11 Å². The lowest BCUT2D eigenvalue weighted by atomic mass is 9.77. The van der Waals surface area contributed by atoms with Crippen LogP contribution < -0.4 is 0 Å². The maximum absolute atomic E-state index is 10.4. The first kappa shape index (κ1) is 11.1. The Labute approximate surface area is 97.8 Å². The zero-order valence-corrected chi connectivity index (χ0v) is 10.7. The van der Waals surface area contributed by atoms with E-state index in [1.165, 1.54) is 19.3 Å². The van der Waals surface area contributed by atoms with Crippen LogP contribution in [0.5, 0.6) is 0 Å². The fourth-order valence-electron chi connectivity index (χ4n) is 2.26. The van der Waals surface area contributed by atoms with E-state index in [1.54, 1.807) is 4.68 Å². The minimum atomic E-state index is -0.831. The minimum Gasteiger partial charge on any atom is -0.384 e. The summed E-state index contributed by atoms with van der Waals surface area (Å²) in [5, 5.41) is 18.2. The molecular formula is C10H16BrN3O. The highest BCUT2D eigenvalue weighted by atomic mass is 79.9. The van der Waals surface area contributed by atoms with Crippen LogP contribution in [0.1, 0.15) is 38.3 Å². The molecule has 0 saturated heterocycles. The lowest BCUT2D eigenvalue weighted by Crippen LogP contribution is -2.30. The van der Waals surface area contributed by atoms with Gasteiger partial charge >= 0.3 is 0 Å². The predicted octanol–water partition coefficient (Wildman–Crippen LogP) is 1.98. The van der Waals surface area contributed by atoms with Crippen molar-refractivity contribution in [2.75, 3.05) is 0 Å². The number of halogens is 1. The number of aliphatic hydroxyl groups is 1. The summed E-state index contributed by atoms with van der Waals surface area (Å²) in [5.74, 6) is 0.654. The Bertz CT molecular complexity index is 338. The van der Waals surface area contributed by atoms with E-state index in [0.29, 0.717) is 10.5 Å². The highest BCUT2D eigenvalue weighted by molar-refractivity contribution is 9.10. The molecule has 15 heavy (non-hydrogen) atoms. The molecule has 84 valence electrons. The molecule has 4 nitrogen and oxygen atoms in total. The molecule has 1 aliphatic rings. The third-order valence-electron chi connectivity index (χ3n) is 3.21. The molecule has 1 N–H and O–H groups in total. The fourth-order valence-corrected chi connectivity index (χ4v) is 3.01. The van der Waals surface area contributed by atoms with E-state index in [-0.39, 0.29) is 0 Å². The van der Waals surface area contributed by atoms with Gasteiger partial charge in [-0.05, 0) is 35.2 Å². The highest BCUT2D eigenvalue weighted by Crippen LogP contribution is 2.39. The van der Waals surface area contributed by atoms with E-state index in [0.717, 1.165) is 12.1 Å². The first-order valence-electron chi connectivity index (χ1n) is 5.29. The summed E-state index contributed by atoms with van der Waals surface area (Å²) in [5.41, 5.74) is -0.0586. The monoisotopic (exact) mass is 273 g/mol. The number of hydrogen-bond acceptors (Lipinski definition) is 3. The molecule has 0 spiro atoms. The van der Waals surface area contributed by atoms with Crippen molar-refractivity contribution >= 4 is 15.9 Å². The maximum Gasteiger partial charge on any atom is 0.154 e. The quantitative estimate of drug-likeness (QED) is 0.916. The van der Waals surface area contributed by atoms with Gasteiger partial charge in [0.05, 0.1) is 0 Å². The van der Waals surface area contributed by atoms with Crippen molar-refractivity contribution < 1.29 is 5.11 Å². The molecular weight excluding hydrogens is 258 g/mol. The van der Waals surface area contributed by atoms with Gasteiger partial charge in [0.1, 0.15) is 11.3 Å². The van der Waals surface area contributed by atoms with Crippen molar-refractivity contribution in [2.24, 2.45) is 13.0 Å². The first-order chi connectivity index (χ1) is 7.00. The lowest BCUT2D eigenvalue weighted by Gasteiger charge is -2.33. The summed E-state index contributed by atoms with van der Waals surface area (Å²) in [6.07, 6.45) is 4.57. The molecule has 1 atom stereocenters. The Morgan fingerprint density at radius 1 is 1.60 bits per heavy atom. The summed E-state index contributed by atoms with van der Waals surface area (Å²) in [7, 11) is 1.81. The van der Waals surface area contributed by atoms with Crippen molar-refractivity contribution in [1.29, 1.82) is 0 Å². The minimum absolute atomic E-state index is 0.648. The molecule has 5 heteroatoms. The SMILES string of the molecule is Cn1nnc(Br)c1C(C)(O)CC1CCC1. The van der Waals surface area contributed by atoms with Crippen molar-refractivity contribution in [3.63, 3.8) is 0 Å². The summed E-state index contributed by atoms with van der Waals surface area (Å²) in [4.78, 5) is 0. The summed E-state index contributed by atoms with van der Waals surface area (Å²) >= 11 is 3.33. The molecule has 0 bridgehead atoms. The van der Waals surface area contributed by atoms with Crippen LogP contribution >= 0.6 is 15.9 Å². The van der Waals surface area contributed by atoms with Crippen LogP contribution in [0.4, 0.5) is 0 Å². The van der Waals surface area contributed by atoms with E-state index in [4.69, 9.17) is 0 Å². The topological polar surface area (TPSA) is 50.9 Å². The largest absolute Gasteiger partial charge is 0.384 e. The zero-order chi connectivity index (χ0) is 11.1. The second kappa shape index (κ2) is 3.87. The molecule has 1 fully saturated rings. The van der Waals surface area contributed by atoms with Crippen molar-refractivity contribution in [3.8, 4) is 0 Å². The number of aryl methyl sites for hydroxylation is 1. The molecule has 1 aromatic heterocycles.